The number of nitrogens with one attached hydrogen (secondary N) is 2. The number of ether oxygens (including phenoxy) is 1. The monoisotopic (exact) mass is 465 g/mol. The van der Waals surface area contributed by atoms with Crippen molar-refractivity contribution in [2.75, 3.05) is 12.4 Å². The van der Waals surface area contributed by atoms with Crippen LogP contribution in [0.5, 0.6) is 0 Å². The summed E-state index contributed by atoms with van der Waals surface area (Å²) in [4.78, 5) is 49.9. The number of aromatic nitrogens is 5. The lowest BCUT2D eigenvalue weighted by Crippen LogP contribution is -2.27. The first kappa shape index (κ1) is 22.0. The molecule has 1 aromatic carbocycles. The van der Waals surface area contributed by atoms with Gasteiger partial charge in [-0.2, -0.15) is 5.10 Å². The van der Waals surface area contributed by atoms with Crippen LogP contribution in [0.15, 0.2) is 43.0 Å². The molecule has 0 aliphatic heterocycles. The Hall–Kier alpha value is -4.19. The minimum atomic E-state index is -0.497. The molecule has 3 aromatic heterocycles. The third-order valence-electron chi connectivity index (χ3n) is 4.75. The minimum Gasteiger partial charge on any atom is -0.465 e. The molecule has 168 valence electrons. The molecule has 0 saturated carbocycles. The molecule has 12 heteroatoms. The number of esters is 1. The lowest BCUT2D eigenvalue weighted by atomic mass is 10.2. The Morgan fingerprint density at radius 2 is 1.94 bits per heavy atom. The Morgan fingerprint density at radius 1 is 1.12 bits per heavy atom. The molecule has 0 spiro atoms. The zero-order valence-electron chi connectivity index (χ0n) is 17.9. The molecular weight excluding hydrogens is 446 g/mol. The average molecular weight is 465 g/mol. The van der Waals surface area contributed by atoms with Crippen LogP contribution in [0.3, 0.4) is 0 Å². The minimum absolute atomic E-state index is 0.208. The van der Waals surface area contributed by atoms with Gasteiger partial charge in [0.15, 0.2) is 5.65 Å². The van der Waals surface area contributed by atoms with E-state index < -0.39 is 17.9 Å². The second kappa shape index (κ2) is 9.12. The van der Waals surface area contributed by atoms with E-state index in [1.165, 1.54) is 31.9 Å². The van der Waals surface area contributed by atoms with Crippen molar-refractivity contribution in [1.82, 2.24) is 30.0 Å². The van der Waals surface area contributed by atoms with Gasteiger partial charge in [0.2, 0.25) is 0 Å². The summed E-state index contributed by atoms with van der Waals surface area (Å²) >= 11 is 1.15. The standard InChI is InChI=1S/C21H19N7O4S/c1-11(26-19(30)16-14-8-25-28(2)17(14)24-10-23-16)20-22-9-15(33-20)18(29)27-13-6-4-5-12(7-13)21(31)32-3/h4-11H,1-3H3,(H,26,30)(H,27,29). The first-order valence-electron chi connectivity index (χ1n) is 9.76. The van der Waals surface area contributed by atoms with Crippen LogP contribution in [-0.4, -0.2) is 49.6 Å². The van der Waals surface area contributed by atoms with E-state index in [0.717, 1.165) is 11.3 Å². The zero-order chi connectivity index (χ0) is 23.5. The molecule has 0 radical (unpaired) electrons. The van der Waals surface area contributed by atoms with Gasteiger partial charge in [0.05, 0.1) is 36.5 Å². The van der Waals surface area contributed by atoms with Crippen molar-refractivity contribution in [2.24, 2.45) is 7.05 Å². The van der Waals surface area contributed by atoms with Crippen molar-refractivity contribution in [3.63, 3.8) is 0 Å². The lowest BCUT2D eigenvalue weighted by molar-refractivity contribution is 0.0600. The number of anilines is 1. The number of aryl methyl sites for hydroxylation is 1. The normalized spacial score (nSPS) is 11.7. The molecule has 33 heavy (non-hydrogen) atoms. The molecule has 0 bridgehead atoms. The zero-order valence-corrected chi connectivity index (χ0v) is 18.7. The molecule has 0 fully saturated rings. The highest BCUT2D eigenvalue weighted by Crippen LogP contribution is 2.22. The van der Waals surface area contributed by atoms with E-state index >= 15 is 0 Å². The van der Waals surface area contributed by atoms with Crippen molar-refractivity contribution in [3.8, 4) is 0 Å². The predicted molar refractivity (Wildman–Crippen MR) is 120 cm³/mol. The molecule has 2 amide bonds. The maximum atomic E-state index is 12.8. The number of hydrogen-bond donors (Lipinski definition) is 2. The van der Waals surface area contributed by atoms with Gasteiger partial charge in [-0.15, -0.1) is 11.3 Å². The fourth-order valence-electron chi connectivity index (χ4n) is 3.10. The molecule has 0 aliphatic rings. The molecule has 2 N–H and O–H groups in total. The maximum Gasteiger partial charge on any atom is 0.337 e. The van der Waals surface area contributed by atoms with E-state index in [2.05, 4.69) is 30.7 Å². The number of amides is 2. The number of nitrogens with zero attached hydrogens (tertiary/aromatic N) is 5. The van der Waals surface area contributed by atoms with Crippen LogP contribution in [0.2, 0.25) is 0 Å². The summed E-state index contributed by atoms with van der Waals surface area (Å²) in [5.74, 6) is -1.28. The van der Waals surface area contributed by atoms with Gasteiger partial charge >= 0.3 is 5.97 Å². The van der Waals surface area contributed by atoms with Gasteiger partial charge in [0.1, 0.15) is 21.9 Å². The van der Waals surface area contributed by atoms with Gasteiger partial charge in [-0.3, -0.25) is 14.3 Å². The van der Waals surface area contributed by atoms with Crippen molar-refractivity contribution in [1.29, 1.82) is 0 Å². The van der Waals surface area contributed by atoms with Gasteiger partial charge in [-0.25, -0.2) is 19.7 Å². The summed E-state index contributed by atoms with van der Waals surface area (Å²) in [6.07, 6.45) is 4.28. The number of methoxy groups -OCH3 is 1. The van der Waals surface area contributed by atoms with Crippen LogP contribution < -0.4 is 10.6 Å². The van der Waals surface area contributed by atoms with Gasteiger partial charge < -0.3 is 15.4 Å². The third-order valence-corrected chi connectivity index (χ3v) is 5.93. The Balaban J connectivity index is 1.45. The predicted octanol–water partition coefficient (Wildman–Crippen LogP) is 2.35. The highest BCUT2D eigenvalue weighted by molar-refractivity contribution is 7.13. The Bertz CT molecular complexity index is 1360. The summed E-state index contributed by atoms with van der Waals surface area (Å²) < 4.78 is 6.25. The molecule has 11 nitrogen and oxygen atoms in total. The number of rotatable bonds is 6. The van der Waals surface area contributed by atoms with Gasteiger partial charge in [0, 0.05) is 12.7 Å². The van der Waals surface area contributed by atoms with Crippen molar-refractivity contribution < 1.29 is 19.1 Å². The number of carbonyl (C=O) groups is 3. The summed E-state index contributed by atoms with van der Waals surface area (Å²) in [7, 11) is 3.02. The number of fused-ring (bicyclic) bond motifs is 1. The van der Waals surface area contributed by atoms with Gasteiger partial charge in [-0.1, -0.05) is 6.07 Å². The Labute approximate surface area is 191 Å². The van der Waals surface area contributed by atoms with E-state index in [-0.39, 0.29) is 11.6 Å². The largest absolute Gasteiger partial charge is 0.465 e. The third kappa shape index (κ3) is 4.55. The smallest absolute Gasteiger partial charge is 0.337 e. The summed E-state index contributed by atoms with van der Waals surface area (Å²) in [5.41, 5.74) is 1.53. The van der Waals surface area contributed by atoms with Crippen molar-refractivity contribution in [2.45, 2.75) is 13.0 Å². The molecule has 0 aliphatic carbocycles. The van der Waals surface area contributed by atoms with Crippen molar-refractivity contribution >= 4 is 45.8 Å². The molecule has 4 rings (SSSR count). The van der Waals surface area contributed by atoms with E-state index in [1.807, 2.05) is 0 Å². The Morgan fingerprint density at radius 3 is 2.73 bits per heavy atom. The molecule has 1 unspecified atom stereocenters. The molecule has 4 aromatic rings. The summed E-state index contributed by atoms with van der Waals surface area (Å²) in [6, 6.07) is 5.96. The van der Waals surface area contributed by atoms with Crippen molar-refractivity contribution in [3.05, 3.63) is 64.1 Å². The second-order valence-electron chi connectivity index (χ2n) is 7.01. The topological polar surface area (TPSA) is 141 Å². The van der Waals surface area contributed by atoms with E-state index in [0.29, 0.717) is 32.2 Å². The second-order valence-corrected chi connectivity index (χ2v) is 8.07. The SMILES string of the molecule is COC(=O)c1cccc(NC(=O)c2cnc(C(C)NC(=O)c3ncnc4c3cnn4C)s2)c1. The maximum absolute atomic E-state index is 12.8. The lowest BCUT2D eigenvalue weighted by Gasteiger charge is -2.11. The van der Waals surface area contributed by atoms with Crippen LogP contribution in [-0.2, 0) is 11.8 Å². The van der Waals surface area contributed by atoms with Gasteiger partial charge in [-0.05, 0) is 25.1 Å². The molecule has 1 atom stereocenters. The molecular formula is C21H19N7O4S. The summed E-state index contributed by atoms with van der Waals surface area (Å²) in [6.45, 7) is 1.76. The van der Waals surface area contributed by atoms with Crippen LogP contribution in [0.4, 0.5) is 5.69 Å². The van der Waals surface area contributed by atoms with E-state index in [4.69, 9.17) is 4.74 Å². The fourth-order valence-corrected chi connectivity index (χ4v) is 3.91. The number of hydrogen-bond acceptors (Lipinski definition) is 9. The first-order valence-corrected chi connectivity index (χ1v) is 10.6. The number of carbonyl (C=O) groups excluding carboxylic acids is 3. The highest BCUT2D eigenvalue weighted by Gasteiger charge is 2.20. The summed E-state index contributed by atoms with van der Waals surface area (Å²) in [5, 5.41) is 10.8. The quantitative estimate of drug-likeness (QED) is 0.414. The number of benzene rings is 1. The van der Waals surface area contributed by atoms with Crippen LogP contribution in [0.1, 0.15) is 48.5 Å². The average Bonchev–Trinajstić information content (AvgIpc) is 3.46. The first-order chi connectivity index (χ1) is 15.9. The van der Waals surface area contributed by atoms with Gasteiger partial charge in [0.25, 0.3) is 11.8 Å². The highest BCUT2D eigenvalue weighted by atomic mass is 32.1. The van der Waals surface area contributed by atoms with E-state index in [1.54, 1.807) is 36.9 Å². The molecule has 0 saturated heterocycles. The van der Waals surface area contributed by atoms with Crippen LogP contribution >= 0.6 is 11.3 Å². The van der Waals surface area contributed by atoms with Crippen LogP contribution in [0.25, 0.3) is 11.0 Å². The van der Waals surface area contributed by atoms with E-state index in [9.17, 15) is 14.4 Å². The fraction of sp³-hybridized carbons (Fsp3) is 0.190. The molecule has 3 heterocycles. The number of thiazole rings is 1. The van der Waals surface area contributed by atoms with Crippen LogP contribution in [0, 0.1) is 0 Å². The Kier molecular flexibility index (Phi) is 6.09.